The van der Waals surface area contributed by atoms with Crippen LogP contribution in [0.4, 0.5) is 0 Å². The molecule has 260 valence electrons. The van der Waals surface area contributed by atoms with Gasteiger partial charge in [0, 0.05) is 22.3 Å². The quantitative estimate of drug-likeness (QED) is 0.0638. The number of hydrogen-bond donors (Lipinski definition) is 0. The molecule has 0 aromatic heterocycles. The van der Waals surface area contributed by atoms with Gasteiger partial charge in [0.25, 0.3) is 0 Å². The number of rotatable bonds is 23. The average molecular weight is 672 g/mol. The molecule has 1 heterocycles. The van der Waals surface area contributed by atoms with Crippen molar-refractivity contribution in [2.45, 2.75) is 174 Å². The summed E-state index contributed by atoms with van der Waals surface area (Å²) in [6, 6.07) is 18.0. The van der Waals surface area contributed by atoms with Crippen LogP contribution in [0.3, 0.4) is 0 Å². The van der Waals surface area contributed by atoms with Crippen LogP contribution < -0.4 is 0 Å². The van der Waals surface area contributed by atoms with E-state index in [0.717, 1.165) is 55.5 Å². The molecule has 0 saturated carbocycles. The van der Waals surface area contributed by atoms with Gasteiger partial charge in [-0.3, -0.25) is 0 Å². The molecule has 0 radical (unpaired) electrons. The first kappa shape index (κ1) is 40.2. The van der Waals surface area contributed by atoms with Gasteiger partial charge in [-0.2, -0.15) is 0 Å². The molecule has 0 aliphatic carbocycles. The Morgan fingerprint density at radius 2 is 0.891 bits per heavy atom. The Morgan fingerprint density at radius 1 is 0.478 bits per heavy atom. The number of aryl methyl sites for hydroxylation is 2. The number of allylic oxidation sites excluding steroid dienone is 2. The number of hydrogen-bond acceptors (Lipinski definition) is 0. The topological polar surface area (TPSA) is 25.3 Å². The molecule has 1 aliphatic heterocycles. The fraction of sp³-hybridized carbons (Fsp3) is 0.628. The molecular formula is C43H68N2Ni. The third-order valence-corrected chi connectivity index (χ3v) is 10.4. The van der Waals surface area contributed by atoms with Crippen LogP contribution in [0.1, 0.15) is 173 Å². The molecule has 0 atom stereocenters. The molecule has 2 nitrogen and oxygen atoms in total. The van der Waals surface area contributed by atoms with Crippen molar-refractivity contribution < 1.29 is 19.1 Å². The molecule has 2 aromatic carbocycles. The standard InChI is InChI=1S/C37H54N2.2C3H7.Ni/c1-5-9-13-14-15-17-21-31-23-19-25-33(29-31)37-35(27-16-10-6-2)34(26-12-8-4)36(39(37)38)32-24-18-22-30(28-32)20-11-7-3;2*1-3-2;/h18-19,22-25,28-29H,5-17,20-21,26-27H2,1-4H3;2*1,3H2,2H3;. The second-order valence-electron chi connectivity index (χ2n) is 13.0. The van der Waals surface area contributed by atoms with Crippen LogP contribution in [0.25, 0.3) is 16.9 Å². The number of unbranched alkanes of at least 4 members (excludes halogenated alkanes) is 9. The van der Waals surface area contributed by atoms with Crippen molar-refractivity contribution in [1.82, 2.24) is 0 Å². The first-order chi connectivity index (χ1) is 22.6. The van der Waals surface area contributed by atoms with E-state index in [0.29, 0.717) is 0 Å². The maximum atomic E-state index is 11.9. The molecule has 0 unspecified atom stereocenters. The molecular weight excluding hydrogens is 603 g/mol. The first-order valence-electron chi connectivity index (χ1n) is 19.1. The normalized spacial score (nSPS) is 13.1. The van der Waals surface area contributed by atoms with E-state index < -0.39 is 0 Å². The van der Waals surface area contributed by atoms with Crippen LogP contribution in [0.2, 0.25) is 10.8 Å². The van der Waals surface area contributed by atoms with E-state index >= 15 is 0 Å². The Morgan fingerprint density at radius 3 is 1.41 bits per heavy atom. The van der Waals surface area contributed by atoms with Gasteiger partial charge in [-0.25, -0.2) is 4.70 Å². The predicted octanol–water partition coefficient (Wildman–Crippen LogP) is 14.6. The van der Waals surface area contributed by atoms with Gasteiger partial charge in [-0.15, -0.1) is 0 Å². The van der Waals surface area contributed by atoms with Gasteiger partial charge in [-0.1, -0.05) is 110 Å². The summed E-state index contributed by atoms with van der Waals surface area (Å²) in [4.78, 5) is 0. The van der Waals surface area contributed by atoms with Crippen LogP contribution in [-0.2, 0) is 27.3 Å². The molecule has 0 amide bonds. The molecule has 2 aromatic rings. The zero-order valence-electron chi connectivity index (χ0n) is 30.7. The zero-order chi connectivity index (χ0) is 33.4. The van der Waals surface area contributed by atoms with E-state index in [2.05, 4.69) is 90.1 Å². The molecule has 3 heteroatoms. The van der Waals surface area contributed by atoms with Crippen molar-refractivity contribution in [2.24, 2.45) is 0 Å². The van der Waals surface area contributed by atoms with Crippen LogP contribution >= 0.6 is 0 Å². The fourth-order valence-electron chi connectivity index (χ4n) is 6.23. The third kappa shape index (κ3) is 14.0. The second-order valence-corrected chi connectivity index (χ2v) is 14.5. The maximum absolute atomic E-state index is 11.9. The first-order valence-corrected chi connectivity index (χ1v) is 20.5. The summed E-state index contributed by atoms with van der Waals surface area (Å²) in [6.07, 6.45) is 23.1. The molecule has 0 saturated heterocycles. The van der Waals surface area contributed by atoms with Gasteiger partial charge in [0.15, 0.2) is 0 Å². The SMILES string of the molecule is CCCCCCCCc1cccc(C2=C(CCCCC)C(CCCC)=C(c3cccc(CCCC)c3)[N+]2=[N-])c1.CC[CH2][Ni][CH2]CC. The molecule has 3 rings (SSSR count). The molecule has 0 spiro atoms. The zero-order valence-corrected chi connectivity index (χ0v) is 31.7. The minimum atomic E-state index is 1.02. The summed E-state index contributed by atoms with van der Waals surface area (Å²) in [5, 5.41) is 2.72. The van der Waals surface area contributed by atoms with Crippen molar-refractivity contribution >= 4 is 11.4 Å². The van der Waals surface area contributed by atoms with E-state index in [1.807, 2.05) is 14.4 Å². The third-order valence-electron chi connectivity index (χ3n) is 8.75. The van der Waals surface area contributed by atoms with Gasteiger partial charge in [0.1, 0.15) is 0 Å². The fourth-order valence-corrected chi connectivity index (χ4v) is 7.18. The van der Waals surface area contributed by atoms with Crippen molar-refractivity contribution in [3.63, 3.8) is 0 Å². The Hall–Kier alpha value is -1.99. The van der Waals surface area contributed by atoms with Crippen molar-refractivity contribution in [3.8, 4) is 0 Å². The molecule has 1 aliphatic rings. The van der Waals surface area contributed by atoms with Crippen LogP contribution in [-0.4, -0.2) is 4.70 Å². The van der Waals surface area contributed by atoms with E-state index in [9.17, 15) is 5.53 Å². The van der Waals surface area contributed by atoms with Crippen molar-refractivity contribution in [1.29, 1.82) is 0 Å². The molecule has 0 fully saturated rings. The van der Waals surface area contributed by atoms with Gasteiger partial charge in [-0.05, 0) is 86.8 Å². The Kier molecular flexibility index (Phi) is 21.9. The average Bonchev–Trinajstić information content (AvgIpc) is 3.35. The van der Waals surface area contributed by atoms with E-state index in [4.69, 9.17) is 0 Å². The van der Waals surface area contributed by atoms with Crippen molar-refractivity contribution in [2.75, 3.05) is 0 Å². The van der Waals surface area contributed by atoms with E-state index in [1.54, 1.807) is 4.70 Å². The van der Waals surface area contributed by atoms with Crippen LogP contribution in [0.5, 0.6) is 0 Å². The van der Waals surface area contributed by atoms with E-state index in [1.165, 1.54) is 122 Å². The van der Waals surface area contributed by atoms with Crippen LogP contribution in [0.15, 0.2) is 59.7 Å². The number of benzene rings is 2. The van der Waals surface area contributed by atoms with Gasteiger partial charge >= 0.3 is 51.9 Å². The summed E-state index contributed by atoms with van der Waals surface area (Å²) in [5.41, 5.74) is 21.8. The Balaban J connectivity index is 0.000000942. The predicted molar refractivity (Wildman–Crippen MR) is 200 cm³/mol. The molecule has 46 heavy (non-hydrogen) atoms. The monoisotopic (exact) mass is 670 g/mol. The van der Waals surface area contributed by atoms with Gasteiger partial charge in [0.05, 0.1) is 0 Å². The number of nitrogens with zero attached hydrogens (tertiary/aromatic N) is 2. The molecule has 0 N–H and O–H groups in total. The van der Waals surface area contributed by atoms with Crippen molar-refractivity contribution in [3.05, 3.63) is 87.5 Å². The van der Waals surface area contributed by atoms with E-state index in [-0.39, 0.29) is 0 Å². The summed E-state index contributed by atoms with van der Waals surface area (Å²) >= 11 is 1.90. The second kappa shape index (κ2) is 25.1. The van der Waals surface area contributed by atoms with Gasteiger partial charge < -0.3 is 5.53 Å². The molecule has 0 bridgehead atoms. The van der Waals surface area contributed by atoms with Gasteiger partial charge in [0.2, 0.25) is 11.4 Å². The summed E-state index contributed by atoms with van der Waals surface area (Å²) in [6.45, 7) is 13.5. The Labute approximate surface area is 291 Å². The Bertz CT molecular complexity index is 1190. The summed E-state index contributed by atoms with van der Waals surface area (Å²) in [7, 11) is 0. The minimum absolute atomic E-state index is 1.02. The van der Waals surface area contributed by atoms with Crippen LogP contribution in [0, 0.1) is 0 Å². The summed E-state index contributed by atoms with van der Waals surface area (Å²) < 4.78 is 1.56. The summed E-state index contributed by atoms with van der Waals surface area (Å²) in [5.74, 6) is 0.